The lowest BCUT2D eigenvalue weighted by molar-refractivity contribution is 0.563. The van der Waals surface area contributed by atoms with E-state index in [1.54, 1.807) is 0 Å². The molecule has 0 aliphatic carbocycles. The molecular weight excluding hydrogens is 224 g/mol. The molecule has 2 aromatic rings. The van der Waals surface area contributed by atoms with Crippen LogP contribution in [0.15, 0.2) is 42.7 Å². The van der Waals surface area contributed by atoms with Gasteiger partial charge < -0.3 is 5.73 Å². The third-order valence-corrected chi connectivity index (χ3v) is 2.82. The number of nitrogens with zero attached hydrogens (tertiary/aromatic N) is 2. The smallest absolute Gasteiger partial charge is 0.0905 e. The first-order valence-electron chi connectivity index (χ1n) is 6.16. The molecule has 0 saturated heterocycles. The highest BCUT2D eigenvalue weighted by Gasteiger charge is 2.00. The Bertz CT molecular complexity index is 502. The van der Waals surface area contributed by atoms with Crippen molar-refractivity contribution in [3.8, 4) is 11.1 Å². The maximum Gasteiger partial charge on any atom is 0.0905 e. The molecule has 0 saturated carbocycles. The highest BCUT2D eigenvalue weighted by atomic mass is 15.3. The molecule has 0 radical (unpaired) electrons. The predicted molar refractivity (Wildman–Crippen MR) is 73.4 cm³/mol. The SMILES string of the molecule is N=C(N)CCCCn1cc(-c2ccccc2)cn1. The second-order valence-electron chi connectivity index (χ2n) is 4.34. The summed E-state index contributed by atoms with van der Waals surface area (Å²) in [4.78, 5) is 0. The number of nitrogens with one attached hydrogen (secondary N) is 1. The fourth-order valence-electron chi connectivity index (χ4n) is 1.85. The van der Waals surface area contributed by atoms with E-state index < -0.39 is 0 Å². The molecule has 1 aromatic carbocycles. The van der Waals surface area contributed by atoms with Gasteiger partial charge >= 0.3 is 0 Å². The number of unbranched alkanes of at least 4 members (excludes halogenated alkanes) is 1. The number of aromatic nitrogens is 2. The first-order chi connectivity index (χ1) is 8.75. The first kappa shape index (κ1) is 12.4. The standard InChI is InChI=1S/C14H18N4/c15-14(16)8-4-5-9-18-11-13(10-17-18)12-6-2-1-3-7-12/h1-3,6-7,10-11H,4-5,8-9H2,(H3,15,16). The Hall–Kier alpha value is -2.10. The van der Waals surface area contributed by atoms with E-state index in [9.17, 15) is 0 Å². The molecule has 0 unspecified atom stereocenters. The van der Waals surface area contributed by atoms with Crippen molar-refractivity contribution >= 4 is 5.84 Å². The Kier molecular flexibility index (Phi) is 4.12. The average Bonchev–Trinajstić information content (AvgIpc) is 2.84. The van der Waals surface area contributed by atoms with Crippen LogP contribution in [-0.4, -0.2) is 15.6 Å². The second-order valence-corrected chi connectivity index (χ2v) is 4.34. The monoisotopic (exact) mass is 242 g/mol. The molecule has 0 aliphatic heterocycles. The van der Waals surface area contributed by atoms with Crippen LogP contribution < -0.4 is 5.73 Å². The van der Waals surface area contributed by atoms with Crippen molar-refractivity contribution in [3.63, 3.8) is 0 Å². The number of nitrogens with two attached hydrogens (primary N) is 1. The van der Waals surface area contributed by atoms with E-state index in [0.29, 0.717) is 6.42 Å². The Morgan fingerprint density at radius 2 is 1.94 bits per heavy atom. The van der Waals surface area contributed by atoms with Crippen molar-refractivity contribution in [2.45, 2.75) is 25.8 Å². The van der Waals surface area contributed by atoms with Crippen molar-refractivity contribution in [2.24, 2.45) is 5.73 Å². The fourth-order valence-corrected chi connectivity index (χ4v) is 1.85. The van der Waals surface area contributed by atoms with Gasteiger partial charge in [0.15, 0.2) is 0 Å². The van der Waals surface area contributed by atoms with Gasteiger partial charge in [0.25, 0.3) is 0 Å². The number of benzene rings is 1. The second kappa shape index (κ2) is 6.00. The van der Waals surface area contributed by atoms with Crippen LogP contribution >= 0.6 is 0 Å². The van der Waals surface area contributed by atoms with Crippen LogP contribution in [0, 0.1) is 5.41 Å². The van der Waals surface area contributed by atoms with Gasteiger partial charge in [-0.15, -0.1) is 0 Å². The topological polar surface area (TPSA) is 67.7 Å². The number of hydrogen-bond donors (Lipinski definition) is 2. The molecule has 18 heavy (non-hydrogen) atoms. The van der Waals surface area contributed by atoms with Crippen molar-refractivity contribution in [1.29, 1.82) is 5.41 Å². The van der Waals surface area contributed by atoms with Gasteiger partial charge in [0.2, 0.25) is 0 Å². The molecule has 2 rings (SSSR count). The third-order valence-electron chi connectivity index (χ3n) is 2.82. The molecule has 4 nitrogen and oxygen atoms in total. The van der Waals surface area contributed by atoms with E-state index in [1.807, 2.05) is 29.1 Å². The minimum atomic E-state index is 0.264. The van der Waals surface area contributed by atoms with Crippen molar-refractivity contribution in [1.82, 2.24) is 9.78 Å². The van der Waals surface area contributed by atoms with Crippen LogP contribution in [0.25, 0.3) is 11.1 Å². The molecule has 1 heterocycles. The summed E-state index contributed by atoms with van der Waals surface area (Å²) in [6.45, 7) is 0.875. The zero-order valence-corrected chi connectivity index (χ0v) is 10.3. The van der Waals surface area contributed by atoms with E-state index in [-0.39, 0.29) is 5.84 Å². The maximum atomic E-state index is 7.15. The number of rotatable bonds is 6. The lowest BCUT2D eigenvalue weighted by atomic mass is 10.1. The van der Waals surface area contributed by atoms with Gasteiger partial charge in [-0.25, -0.2) is 0 Å². The maximum absolute atomic E-state index is 7.15. The van der Waals surface area contributed by atoms with E-state index in [1.165, 1.54) is 5.56 Å². The molecule has 0 atom stereocenters. The number of hydrogen-bond acceptors (Lipinski definition) is 2. The van der Waals surface area contributed by atoms with Gasteiger partial charge in [0.1, 0.15) is 0 Å². The summed E-state index contributed by atoms with van der Waals surface area (Å²) in [5.41, 5.74) is 7.64. The molecule has 0 amide bonds. The fraction of sp³-hybridized carbons (Fsp3) is 0.286. The zero-order valence-electron chi connectivity index (χ0n) is 10.3. The van der Waals surface area contributed by atoms with Crippen LogP contribution in [-0.2, 0) is 6.54 Å². The predicted octanol–water partition coefficient (Wildman–Crippen LogP) is 2.66. The summed E-state index contributed by atoms with van der Waals surface area (Å²) in [5.74, 6) is 0.264. The number of aryl methyl sites for hydroxylation is 1. The largest absolute Gasteiger partial charge is 0.388 e. The third kappa shape index (κ3) is 3.45. The van der Waals surface area contributed by atoms with Gasteiger partial charge in [0, 0.05) is 24.7 Å². The normalized spacial score (nSPS) is 10.4. The molecule has 3 N–H and O–H groups in total. The highest BCUT2D eigenvalue weighted by molar-refractivity contribution is 5.76. The van der Waals surface area contributed by atoms with Crippen LogP contribution in [0.1, 0.15) is 19.3 Å². The molecule has 0 spiro atoms. The van der Waals surface area contributed by atoms with Crippen molar-refractivity contribution < 1.29 is 0 Å². The summed E-state index contributed by atoms with van der Waals surface area (Å²) in [7, 11) is 0. The molecule has 0 aliphatic rings. The van der Waals surface area contributed by atoms with Crippen LogP contribution in [0.5, 0.6) is 0 Å². The lowest BCUT2D eigenvalue weighted by Gasteiger charge is -2.01. The number of amidine groups is 1. The van der Waals surface area contributed by atoms with Crippen molar-refractivity contribution in [2.75, 3.05) is 0 Å². The summed E-state index contributed by atoms with van der Waals surface area (Å²) in [6.07, 6.45) is 6.56. The highest BCUT2D eigenvalue weighted by Crippen LogP contribution is 2.17. The van der Waals surface area contributed by atoms with Gasteiger partial charge in [-0.2, -0.15) is 5.10 Å². The molecule has 4 heteroatoms. The summed E-state index contributed by atoms with van der Waals surface area (Å²) >= 11 is 0. The summed E-state index contributed by atoms with van der Waals surface area (Å²) in [5, 5.41) is 11.5. The zero-order chi connectivity index (χ0) is 12.8. The van der Waals surface area contributed by atoms with Crippen LogP contribution in [0.2, 0.25) is 0 Å². The van der Waals surface area contributed by atoms with E-state index in [4.69, 9.17) is 11.1 Å². The Balaban J connectivity index is 1.89. The molecule has 94 valence electrons. The molecule has 1 aromatic heterocycles. The molecule has 0 bridgehead atoms. The Labute approximate surface area is 107 Å². The minimum absolute atomic E-state index is 0.264. The van der Waals surface area contributed by atoms with E-state index in [2.05, 4.69) is 23.4 Å². The van der Waals surface area contributed by atoms with E-state index in [0.717, 1.165) is 24.9 Å². The van der Waals surface area contributed by atoms with Gasteiger partial charge in [-0.05, 0) is 18.4 Å². The van der Waals surface area contributed by atoms with E-state index >= 15 is 0 Å². The molecular formula is C14H18N4. The van der Waals surface area contributed by atoms with Crippen LogP contribution in [0.4, 0.5) is 0 Å². The summed E-state index contributed by atoms with van der Waals surface area (Å²) < 4.78 is 1.95. The van der Waals surface area contributed by atoms with Gasteiger partial charge in [-0.3, -0.25) is 10.1 Å². The van der Waals surface area contributed by atoms with Gasteiger partial charge in [0.05, 0.1) is 12.0 Å². The Morgan fingerprint density at radius 3 is 2.67 bits per heavy atom. The first-order valence-corrected chi connectivity index (χ1v) is 6.16. The lowest BCUT2D eigenvalue weighted by Crippen LogP contribution is -2.09. The quantitative estimate of drug-likeness (QED) is 0.464. The van der Waals surface area contributed by atoms with Crippen molar-refractivity contribution in [3.05, 3.63) is 42.7 Å². The average molecular weight is 242 g/mol. The molecule has 0 fully saturated rings. The Morgan fingerprint density at radius 1 is 1.17 bits per heavy atom. The summed E-state index contributed by atoms with van der Waals surface area (Å²) in [6, 6.07) is 10.2. The minimum Gasteiger partial charge on any atom is -0.388 e. The van der Waals surface area contributed by atoms with Crippen LogP contribution in [0.3, 0.4) is 0 Å². The van der Waals surface area contributed by atoms with Gasteiger partial charge in [-0.1, -0.05) is 30.3 Å².